The number of allylic oxidation sites excluding steroid dienone is 3. The SMILES string of the molecule is C=CCC#CC#C/C=C/CCCCCC[C@@H]1C[C@@H](CO)OC1=O. The van der Waals surface area contributed by atoms with Crippen LogP contribution in [0.5, 0.6) is 0 Å². The van der Waals surface area contributed by atoms with Gasteiger partial charge in [0.2, 0.25) is 0 Å². The highest BCUT2D eigenvalue weighted by Crippen LogP contribution is 2.25. The van der Waals surface area contributed by atoms with Gasteiger partial charge in [0.25, 0.3) is 0 Å². The van der Waals surface area contributed by atoms with E-state index < -0.39 is 0 Å². The van der Waals surface area contributed by atoms with Gasteiger partial charge in [0, 0.05) is 6.42 Å². The first-order valence-corrected chi connectivity index (χ1v) is 8.33. The summed E-state index contributed by atoms with van der Waals surface area (Å²) in [7, 11) is 0. The lowest BCUT2D eigenvalue weighted by Crippen LogP contribution is -2.10. The molecule has 3 heteroatoms. The maximum absolute atomic E-state index is 11.5. The minimum Gasteiger partial charge on any atom is -0.460 e. The van der Waals surface area contributed by atoms with Crippen molar-refractivity contribution in [2.24, 2.45) is 5.92 Å². The monoisotopic (exact) mass is 314 g/mol. The van der Waals surface area contributed by atoms with Crippen LogP contribution >= 0.6 is 0 Å². The fourth-order valence-corrected chi connectivity index (χ4v) is 2.46. The first kappa shape index (κ1) is 19.1. The zero-order valence-corrected chi connectivity index (χ0v) is 13.7. The number of rotatable bonds is 9. The van der Waals surface area contributed by atoms with E-state index in [1.54, 1.807) is 6.08 Å². The average molecular weight is 314 g/mol. The number of aliphatic hydroxyl groups excluding tert-OH is 1. The van der Waals surface area contributed by atoms with Crippen LogP contribution in [-0.4, -0.2) is 23.8 Å². The zero-order chi connectivity index (χ0) is 16.8. The summed E-state index contributed by atoms with van der Waals surface area (Å²) < 4.78 is 5.06. The summed E-state index contributed by atoms with van der Waals surface area (Å²) in [6.07, 6.45) is 13.1. The quantitative estimate of drug-likeness (QED) is 0.307. The Morgan fingerprint density at radius 3 is 2.83 bits per heavy atom. The van der Waals surface area contributed by atoms with Gasteiger partial charge in [-0.25, -0.2) is 0 Å². The van der Waals surface area contributed by atoms with E-state index in [4.69, 9.17) is 9.84 Å². The minimum absolute atomic E-state index is 0.00970. The lowest BCUT2D eigenvalue weighted by Gasteiger charge is -2.04. The second kappa shape index (κ2) is 12.6. The van der Waals surface area contributed by atoms with Crippen LogP contribution in [0.1, 0.15) is 51.4 Å². The number of aliphatic hydroxyl groups is 1. The van der Waals surface area contributed by atoms with Gasteiger partial charge in [0.1, 0.15) is 6.10 Å². The number of unbranched alkanes of at least 4 members (excludes halogenated alkanes) is 4. The van der Waals surface area contributed by atoms with Crippen molar-refractivity contribution in [2.45, 2.75) is 57.5 Å². The normalized spacial score (nSPS) is 19.6. The van der Waals surface area contributed by atoms with Crippen molar-refractivity contribution in [3.8, 4) is 23.7 Å². The van der Waals surface area contributed by atoms with Gasteiger partial charge in [-0.15, -0.1) is 6.58 Å². The van der Waals surface area contributed by atoms with Gasteiger partial charge < -0.3 is 9.84 Å². The highest BCUT2D eigenvalue weighted by atomic mass is 16.6. The van der Waals surface area contributed by atoms with Crippen LogP contribution in [0, 0.1) is 29.6 Å². The molecule has 1 aliphatic heterocycles. The van der Waals surface area contributed by atoms with Crippen molar-refractivity contribution in [1.29, 1.82) is 0 Å². The van der Waals surface area contributed by atoms with Crippen molar-refractivity contribution < 1.29 is 14.6 Å². The van der Waals surface area contributed by atoms with Crippen LogP contribution in [0.3, 0.4) is 0 Å². The Morgan fingerprint density at radius 1 is 1.26 bits per heavy atom. The minimum atomic E-state index is -0.278. The summed E-state index contributed by atoms with van der Waals surface area (Å²) in [5, 5.41) is 8.98. The molecule has 0 aliphatic carbocycles. The van der Waals surface area contributed by atoms with Crippen molar-refractivity contribution >= 4 is 5.97 Å². The van der Waals surface area contributed by atoms with Crippen LogP contribution in [0.15, 0.2) is 24.8 Å². The first-order valence-electron chi connectivity index (χ1n) is 8.33. The molecule has 0 aromatic carbocycles. The second-order valence-corrected chi connectivity index (χ2v) is 5.63. The maximum Gasteiger partial charge on any atom is 0.309 e. The lowest BCUT2D eigenvalue weighted by molar-refractivity contribution is -0.145. The lowest BCUT2D eigenvalue weighted by atomic mass is 9.97. The number of esters is 1. The Bertz CT molecular complexity index is 510. The molecule has 1 N–H and O–H groups in total. The number of cyclic esters (lactones) is 1. The van der Waals surface area contributed by atoms with E-state index in [9.17, 15) is 4.79 Å². The van der Waals surface area contributed by atoms with E-state index in [0.717, 1.165) is 38.5 Å². The molecule has 1 fully saturated rings. The van der Waals surface area contributed by atoms with Gasteiger partial charge in [0.15, 0.2) is 0 Å². The topological polar surface area (TPSA) is 46.5 Å². The van der Waals surface area contributed by atoms with Gasteiger partial charge in [0.05, 0.1) is 12.5 Å². The molecular weight excluding hydrogens is 288 g/mol. The van der Waals surface area contributed by atoms with E-state index in [1.165, 1.54) is 0 Å². The molecule has 0 aromatic rings. The second-order valence-electron chi connectivity index (χ2n) is 5.63. The van der Waals surface area contributed by atoms with Crippen LogP contribution in [-0.2, 0) is 9.53 Å². The van der Waals surface area contributed by atoms with Crippen LogP contribution in [0.25, 0.3) is 0 Å². The highest BCUT2D eigenvalue weighted by Gasteiger charge is 2.33. The number of hydrogen-bond donors (Lipinski definition) is 1. The number of hydrogen-bond acceptors (Lipinski definition) is 3. The van der Waals surface area contributed by atoms with E-state index in [0.29, 0.717) is 12.8 Å². The van der Waals surface area contributed by atoms with Crippen LogP contribution in [0.2, 0.25) is 0 Å². The molecule has 0 aromatic heterocycles. The fraction of sp³-hybridized carbons (Fsp3) is 0.550. The van der Waals surface area contributed by atoms with E-state index in [-0.39, 0.29) is 24.6 Å². The fourth-order valence-electron chi connectivity index (χ4n) is 2.46. The van der Waals surface area contributed by atoms with Gasteiger partial charge >= 0.3 is 5.97 Å². The molecule has 0 spiro atoms. The Hall–Kier alpha value is -1.97. The Balaban J connectivity index is 1.99. The summed E-state index contributed by atoms with van der Waals surface area (Å²) in [4.78, 5) is 11.5. The van der Waals surface area contributed by atoms with Crippen molar-refractivity contribution in [3.05, 3.63) is 24.8 Å². The molecule has 124 valence electrons. The molecule has 3 nitrogen and oxygen atoms in total. The number of carbonyl (C=O) groups is 1. The summed E-state index contributed by atoms with van der Waals surface area (Å²) in [6.45, 7) is 3.53. The molecule has 23 heavy (non-hydrogen) atoms. The standard InChI is InChI=1S/C20H26O3/c1-2-3-4-5-6-7-8-9-10-11-12-13-14-15-18-16-19(17-21)23-20(18)22/h2,8-9,18-19,21H,1,3,10-17H2/b9-8+/t18-,19+/m1/s1. The third-order valence-corrected chi connectivity index (χ3v) is 3.71. The smallest absolute Gasteiger partial charge is 0.309 e. The van der Waals surface area contributed by atoms with Crippen molar-refractivity contribution in [1.82, 2.24) is 0 Å². The number of carbonyl (C=O) groups excluding carboxylic acids is 1. The highest BCUT2D eigenvalue weighted by molar-refractivity contribution is 5.74. The molecule has 0 amide bonds. The summed E-state index contributed by atoms with van der Waals surface area (Å²) in [5.74, 6) is 11.1. The average Bonchev–Trinajstić information content (AvgIpc) is 2.92. The predicted molar refractivity (Wildman–Crippen MR) is 92.3 cm³/mol. The van der Waals surface area contributed by atoms with E-state index in [1.807, 2.05) is 6.08 Å². The summed E-state index contributed by atoms with van der Waals surface area (Å²) in [6, 6.07) is 0. The van der Waals surface area contributed by atoms with Gasteiger partial charge in [-0.1, -0.05) is 43.3 Å². The van der Waals surface area contributed by atoms with Gasteiger partial charge in [-0.3, -0.25) is 4.79 Å². The summed E-state index contributed by atoms with van der Waals surface area (Å²) in [5.41, 5.74) is 0. The molecule has 1 aliphatic rings. The molecule has 0 bridgehead atoms. The van der Waals surface area contributed by atoms with Crippen molar-refractivity contribution in [3.63, 3.8) is 0 Å². The molecule has 1 saturated heterocycles. The third kappa shape index (κ3) is 8.91. The van der Waals surface area contributed by atoms with Gasteiger partial charge in [-0.05, 0) is 43.6 Å². The summed E-state index contributed by atoms with van der Waals surface area (Å²) >= 11 is 0. The van der Waals surface area contributed by atoms with Gasteiger partial charge in [-0.2, -0.15) is 0 Å². The predicted octanol–water partition coefficient (Wildman–Crippen LogP) is 3.39. The van der Waals surface area contributed by atoms with E-state index in [2.05, 4.69) is 36.3 Å². The maximum atomic E-state index is 11.5. The molecule has 2 atom stereocenters. The Labute approximate surface area is 139 Å². The van der Waals surface area contributed by atoms with Crippen molar-refractivity contribution in [2.75, 3.05) is 6.61 Å². The molecule has 1 rings (SSSR count). The number of ether oxygens (including phenoxy) is 1. The Kier molecular flexibility index (Phi) is 10.4. The third-order valence-electron chi connectivity index (χ3n) is 3.71. The molecule has 0 unspecified atom stereocenters. The Morgan fingerprint density at radius 2 is 2.09 bits per heavy atom. The molecule has 0 saturated carbocycles. The molecular formula is C20H26O3. The first-order chi connectivity index (χ1) is 11.3. The largest absolute Gasteiger partial charge is 0.460 e. The van der Waals surface area contributed by atoms with E-state index >= 15 is 0 Å². The zero-order valence-electron chi connectivity index (χ0n) is 13.7. The van der Waals surface area contributed by atoms with Crippen LogP contribution < -0.4 is 0 Å². The van der Waals surface area contributed by atoms with Crippen LogP contribution in [0.4, 0.5) is 0 Å². The molecule has 1 heterocycles. The molecule has 0 radical (unpaired) electrons.